The Morgan fingerprint density at radius 3 is 2.67 bits per heavy atom. The van der Waals surface area contributed by atoms with E-state index < -0.39 is 6.09 Å². The second-order valence-electron chi connectivity index (χ2n) is 3.39. The van der Waals surface area contributed by atoms with Crippen LogP contribution in [-0.4, -0.2) is 23.8 Å². The smallest absolute Gasteiger partial charge is 0.404 e. The fourth-order valence-corrected chi connectivity index (χ4v) is 1.76. The maximum absolute atomic E-state index is 10.2. The summed E-state index contributed by atoms with van der Waals surface area (Å²) >= 11 is 0. The number of hydrogen-bond acceptors (Lipinski definition) is 2. The Hall–Kier alpha value is -0.770. The normalized spacial score (nSPS) is 20.8. The lowest BCUT2D eigenvalue weighted by Gasteiger charge is -2.17. The molecule has 0 aromatic carbocycles. The second-order valence-corrected chi connectivity index (χ2v) is 3.39. The highest BCUT2D eigenvalue weighted by atomic mass is 16.4. The zero-order valence-electron chi connectivity index (χ0n) is 7.12. The predicted octanol–water partition coefficient (Wildman–Crippen LogP) is 0.771. The van der Waals surface area contributed by atoms with Crippen molar-refractivity contribution < 1.29 is 9.90 Å². The number of hydrogen-bond donors (Lipinski definition) is 3. The van der Waals surface area contributed by atoms with Gasteiger partial charge in [-0.1, -0.05) is 12.8 Å². The van der Waals surface area contributed by atoms with Gasteiger partial charge < -0.3 is 16.2 Å². The van der Waals surface area contributed by atoms with Crippen LogP contribution in [0.4, 0.5) is 4.79 Å². The van der Waals surface area contributed by atoms with Gasteiger partial charge >= 0.3 is 6.09 Å². The summed E-state index contributed by atoms with van der Waals surface area (Å²) in [6.07, 6.45) is 3.81. The maximum atomic E-state index is 10.2. The van der Waals surface area contributed by atoms with E-state index in [9.17, 15) is 4.79 Å². The Morgan fingerprint density at radius 2 is 2.17 bits per heavy atom. The maximum Gasteiger partial charge on any atom is 0.404 e. The van der Waals surface area contributed by atoms with Gasteiger partial charge in [0, 0.05) is 12.6 Å². The number of carboxylic acid groups (broad SMARTS) is 1. The molecule has 1 aliphatic carbocycles. The molecular weight excluding hydrogens is 156 g/mol. The van der Waals surface area contributed by atoms with Crippen LogP contribution >= 0.6 is 0 Å². The van der Waals surface area contributed by atoms with Crippen molar-refractivity contribution in [1.82, 2.24) is 5.32 Å². The summed E-state index contributed by atoms with van der Waals surface area (Å²) in [5, 5.41) is 10.7. The van der Waals surface area contributed by atoms with E-state index in [2.05, 4.69) is 5.32 Å². The molecule has 1 atom stereocenters. The molecule has 1 aliphatic rings. The minimum atomic E-state index is -0.983. The molecule has 1 fully saturated rings. The number of amides is 1. The van der Waals surface area contributed by atoms with E-state index >= 15 is 0 Å². The van der Waals surface area contributed by atoms with E-state index in [0.29, 0.717) is 12.5 Å². The van der Waals surface area contributed by atoms with Gasteiger partial charge in [0.1, 0.15) is 0 Å². The molecule has 4 nitrogen and oxygen atoms in total. The van der Waals surface area contributed by atoms with Crippen molar-refractivity contribution >= 4 is 6.09 Å². The highest BCUT2D eigenvalue weighted by molar-refractivity contribution is 5.64. The average molecular weight is 172 g/mol. The summed E-state index contributed by atoms with van der Waals surface area (Å²) in [7, 11) is 0. The molecule has 0 aromatic heterocycles. The fraction of sp³-hybridized carbons (Fsp3) is 0.875. The molecule has 4 N–H and O–H groups in total. The fourth-order valence-electron chi connectivity index (χ4n) is 1.76. The van der Waals surface area contributed by atoms with Crippen molar-refractivity contribution in [2.45, 2.75) is 31.7 Å². The third kappa shape index (κ3) is 2.70. The van der Waals surface area contributed by atoms with Crippen LogP contribution in [0.1, 0.15) is 25.7 Å². The summed E-state index contributed by atoms with van der Waals surface area (Å²) < 4.78 is 0. The van der Waals surface area contributed by atoms with E-state index in [1.165, 1.54) is 12.8 Å². The quantitative estimate of drug-likeness (QED) is 0.588. The summed E-state index contributed by atoms with van der Waals surface area (Å²) in [4.78, 5) is 10.2. The second kappa shape index (κ2) is 4.30. The van der Waals surface area contributed by atoms with Gasteiger partial charge in [0.25, 0.3) is 0 Å². The van der Waals surface area contributed by atoms with Gasteiger partial charge in [0.15, 0.2) is 0 Å². The van der Waals surface area contributed by atoms with Crippen LogP contribution in [0.3, 0.4) is 0 Å². The Labute approximate surface area is 72.1 Å². The Balaban J connectivity index is 2.17. The van der Waals surface area contributed by atoms with Gasteiger partial charge in [-0.15, -0.1) is 0 Å². The lowest BCUT2D eigenvalue weighted by molar-refractivity contribution is 0.192. The van der Waals surface area contributed by atoms with Gasteiger partial charge in [-0.2, -0.15) is 0 Å². The molecule has 1 amide bonds. The molecule has 70 valence electrons. The summed E-state index contributed by atoms with van der Waals surface area (Å²) in [6, 6.07) is 0.00333. The van der Waals surface area contributed by atoms with Crippen molar-refractivity contribution in [3.05, 3.63) is 0 Å². The third-order valence-electron chi connectivity index (χ3n) is 2.49. The van der Waals surface area contributed by atoms with E-state index in [-0.39, 0.29) is 6.04 Å². The van der Waals surface area contributed by atoms with Crippen molar-refractivity contribution in [1.29, 1.82) is 0 Å². The number of nitrogens with two attached hydrogens (primary N) is 1. The van der Waals surface area contributed by atoms with Gasteiger partial charge in [-0.3, -0.25) is 0 Å². The highest BCUT2D eigenvalue weighted by Gasteiger charge is 2.21. The monoisotopic (exact) mass is 172 g/mol. The molecule has 1 unspecified atom stereocenters. The van der Waals surface area contributed by atoms with Crippen LogP contribution in [0, 0.1) is 5.92 Å². The minimum absolute atomic E-state index is 0.00333. The zero-order chi connectivity index (χ0) is 8.97. The van der Waals surface area contributed by atoms with E-state index in [0.717, 1.165) is 12.8 Å². The predicted molar refractivity (Wildman–Crippen MR) is 46.0 cm³/mol. The molecule has 1 saturated carbocycles. The standard InChI is InChI=1S/C8H16N2O2/c9-7(5-10-8(11)12)6-3-1-2-4-6/h6-7,10H,1-5,9H2,(H,11,12). The molecule has 0 aromatic rings. The largest absolute Gasteiger partial charge is 0.465 e. The Morgan fingerprint density at radius 1 is 1.58 bits per heavy atom. The molecule has 12 heavy (non-hydrogen) atoms. The van der Waals surface area contributed by atoms with Crippen LogP contribution < -0.4 is 11.1 Å². The van der Waals surface area contributed by atoms with Crippen LogP contribution in [0.2, 0.25) is 0 Å². The molecule has 0 saturated heterocycles. The molecule has 4 heteroatoms. The van der Waals surface area contributed by atoms with Crippen molar-refractivity contribution in [2.75, 3.05) is 6.54 Å². The zero-order valence-corrected chi connectivity index (χ0v) is 7.12. The summed E-state index contributed by atoms with van der Waals surface area (Å²) in [5.41, 5.74) is 5.80. The van der Waals surface area contributed by atoms with Crippen LogP contribution in [0.15, 0.2) is 0 Å². The number of nitrogens with one attached hydrogen (secondary N) is 1. The van der Waals surface area contributed by atoms with Crippen molar-refractivity contribution in [2.24, 2.45) is 11.7 Å². The first-order valence-electron chi connectivity index (χ1n) is 4.42. The molecule has 0 aliphatic heterocycles. The first kappa shape index (κ1) is 9.32. The molecule has 0 bridgehead atoms. The van der Waals surface area contributed by atoms with E-state index in [1.54, 1.807) is 0 Å². The Bertz CT molecular complexity index is 155. The van der Waals surface area contributed by atoms with Crippen LogP contribution in [0.5, 0.6) is 0 Å². The van der Waals surface area contributed by atoms with Gasteiger partial charge in [0.05, 0.1) is 0 Å². The van der Waals surface area contributed by atoms with Gasteiger partial charge in [0.2, 0.25) is 0 Å². The van der Waals surface area contributed by atoms with Crippen LogP contribution in [-0.2, 0) is 0 Å². The lowest BCUT2D eigenvalue weighted by Crippen LogP contribution is -2.40. The SMILES string of the molecule is NC(CNC(=O)O)C1CCCC1. The first-order chi connectivity index (χ1) is 5.70. The van der Waals surface area contributed by atoms with Crippen LogP contribution in [0.25, 0.3) is 0 Å². The van der Waals surface area contributed by atoms with Gasteiger partial charge in [-0.05, 0) is 18.8 Å². The molecule has 0 heterocycles. The molecule has 0 spiro atoms. The highest BCUT2D eigenvalue weighted by Crippen LogP contribution is 2.26. The molecule has 1 rings (SSSR count). The summed E-state index contributed by atoms with van der Waals surface area (Å²) in [5.74, 6) is 0.525. The molecular formula is C8H16N2O2. The van der Waals surface area contributed by atoms with Crippen molar-refractivity contribution in [3.63, 3.8) is 0 Å². The van der Waals surface area contributed by atoms with E-state index in [1.807, 2.05) is 0 Å². The third-order valence-corrected chi connectivity index (χ3v) is 2.49. The first-order valence-corrected chi connectivity index (χ1v) is 4.42. The number of carbonyl (C=O) groups is 1. The lowest BCUT2D eigenvalue weighted by atomic mass is 9.99. The Kier molecular flexibility index (Phi) is 3.34. The van der Waals surface area contributed by atoms with E-state index in [4.69, 9.17) is 10.8 Å². The molecule has 0 radical (unpaired) electrons. The topological polar surface area (TPSA) is 75.3 Å². The van der Waals surface area contributed by atoms with Crippen molar-refractivity contribution in [3.8, 4) is 0 Å². The summed E-state index contributed by atoms with van der Waals surface area (Å²) in [6.45, 7) is 0.389. The minimum Gasteiger partial charge on any atom is -0.465 e. The number of rotatable bonds is 3. The van der Waals surface area contributed by atoms with Gasteiger partial charge in [-0.25, -0.2) is 4.79 Å². The average Bonchev–Trinajstić information content (AvgIpc) is 2.51.